The van der Waals surface area contributed by atoms with Gasteiger partial charge in [-0.15, -0.1) is 11.8 Å². The van der Waals surface area contributed by atoms with Crippen LogP contribution in [-0.4, -0.2) is 39.5 Å². The highest BCUT2D eigenvalue weighted by Crippen LogP contribution is 2.21. The van der Waals surface area contributed by atoms with Crippen LogP contribution in [0.3, 0.4) is 0 Å². The molecule has 1 aromatic carbocycles. The number of ether oxygens (including phenoxy) is 1. The molecule has 5 heteroatoms. The number of aryl methyl sites for hydroxylation is 1. The molecule has 0 unspecified atom stereocenters. The second-order valence-corrected chi connectivity index (χ2v) is 6.07. The summed E-state index contributed by atoms with van der Waals surface area (Å²) in [6.45, 7) is 4.70. The summed E-state index contributed by atoms with van der Waals surface area (Å²) in [5, 5.41) is 6.74. The fraction of sp³-hybridized carbons (Fsp3) is 0.588. The number of methoxy groups -OCH3 is 1. The lowest BCUT2D eigenvalue weighted by Gasteiger charge is -2.14. The molecule has 0 aromatic heterocycles. The number of guanidine groups is 1. The van der Waals surface area contributed by atoms with E-state index in [0.717, 1.165) is 38.5 Å². The SMILES string of the molecule is CN=C(NCCCCCOC)NCc1ccc(C)cc1SC. The monoisotopic (exact) mass is 323 g/mol. The molecule has 1 aromatic rings. The summed E-state index contributed by atoms with van der Waals surface area (Å²) in [6, 6.07) is 6.57. The molecule has 124 valence electrons. The van der Waals surface area contributed by atoms with Gasteiger partial charge in [0.05, 0.1) is 0 Å². The molecule has 0 aliphatic carbocycles. The molecule has 4 nitrogen and oxygen atoms in total. The van der Waals surface area contributed by atoms with E-state index in [2.05, 4.69) is 47.0 Å². The number of unbranched alkanes of at least 4 members (excludes halogenated alkanes) is 2. The molecular formula is C17H29N3OS. The molecule has 0 aliphatic rings. The van der Waals surface area contributed by atoms with Crippen LogP contribution in [0.15, 0.2) is 28.1 Å². The molecular weight excluding hydrogens is 294 g/mol. The highest BCUT2D eigenvalue weighted by atomic mass is 32.2. The minimum atomic E-state index is 0.791. The van der Waals surface area contributed by atoms with Crippen LogP contribution in [0.2, 0.25) is 0 Å². The average molecular weight is 324 g/mol. The highest BCUT2D eigenvalue weighted by molar-refractivity contribution is 7.98. The maximum atomic E-state index is 5.05. The Morgan fingerprint density at radius 1 is 1.23 bits per heavy atom. The third-order valence-electron chi connectivity index (χ3n) is 3.43. The Morgan fingerprint density at radius 3 is 2.73 bits per heavy atom. The molecule has 0 heterocycles. The molecule has 0 amide bonds. The van der Waals surface area contributed by atoms with E-state index in [0.29, 0.717) is 0 Å². The Hall–Kier alpha value is -1.20. The first-order valence-corrected chi connectivity index (χ1v) is 9.00. The predicted octanol–water partition coefficient (Wildman–Crippen LogP) is 3.20. The van der Waals surface area contributed by atoms with Crippen LogP contribution in [0.5, 0.6) is 0 Å². The third-order valence-corrected chi connectivity index (χ3v) is 4.25. The fourth-order valence-corrected chi connectivity index (χ4v) is 2.86. The van der Waals surface area contributed by atoms with E-state index >= 15 is 0 Å². The molecule has 0 atom stereocenters. The lowest BCUT2D eigenvalue weighted by molar-refractivity contribution is 0.192. The van der Waals surface area contributed by atoms with Gasteiger partial charge in [-0.3, -0.25) is 4.99 Å². The van der Waals surface area contributed by atoms with Crippen LogP contribution in [0.1, 0.15) is 30.4 Å². The molecule has 22 heavy (non-hydrogen) atoms. The van der Waals surface area contributed by atoms with Crippen LogP contribution in [0.25, 0.3) is 0 Å². The van der Waals surface area contributed by atoms with Crippen molar-refractivity contribution >= 4 is 17.7 Å². The fourth-order valence-electron chi connectivity index (χ4n) is 2.15. The number of hydrogen-bond donors (Lipinski definition) is 2. The highest BCUT2D eigenvalue weighted by Gasteiger charge is 2.03. The number of rotatable bonds is 9. The van der Waals surface area contributed by atoms with Gasteiger partial charge < -0.3 is 15.4 Å². The second kappa shape index (κ2) is 11.4. The minimum absolute atomic E-state index is 0.791. The van der Waals surface area contributed by atoms with Gasteiger partial charge in [-0.25, -0.2) is 0 Å². The number of nitrogens with zero attached hydrogens (tertiary/aromatic N) is 1. The second-order valence-electron chi connectivity index (χ2n) is 5.22. The molecule has 0 spiro atoms. The minimum Gasteiger partial charge on any atom is -0.385 e. The van der Waals surface area contributed by atoms with E-state index in [9.17, 15) is 0 Å². The van der Waals surface area contributed by atoms with Gasteiger partial charge in [0.2, 0.25) is 0 Å². The molecule has 1 rings (SSSR count). The Labute approximate surface area is 139 Å². The van der Waals surface area contributed by atoms with Gasteiger partial charge in [0, 0.05) is 38.7 Å². The Bertz CT molecular complexity index is 463. The van der Waals surface area contributed by atoms with Gasteiger partial charge in [0.25, 0.3) is 0 Å². The summed E-state index contributed by atoms with van der Waals surface area (Å²) in [6.07, 6.45) is 5.53. The molecule has 0 fully saturated rings. The van der Waals surface area contributed by atoms with Crippen molar-refractivity contribution in [1.82, 2.24) is 10.6 Å². The zero-order valence-corrected chi connectivity index (χ0v) is 15.1. The summed E-state index contributed by atoms with van der Waals surface area (Å²) < 4.78 is 5.05. The number of thioether (sulfide) groups is 1. The zero-order valence-electron chi connectivity index (χ0n) is 14.2. The van der Waals surface area contributed by atoms with Crippen LogP contribution >= 0.6 is 11.8 Å². The van der Waals surface area contributed by atoms with E-state index in [1.165, 1.54) is 22.4 Å². The maximum Gasteiger partial charge on any atom is 0.191 e. The van der Waals surface area contributed by atoms with Gasteiger partial charge in [-0.2, -0.15) is 0 Å². The van der Waals surface area contributed by atoms with Crippen LogP contribution in [0.4, 0.5) is 0 Å². The van der Waals surface area contributed by atoms with Gasteiger partial charge >= 0.3 is 0 Å². The van der Waals surface area contributed by atoms with Gasteiger partial charge in [0.15, 0.2) is 5.96 Å². The van der Waals surface area contributed by atoms with Crippen LogP contribution < -0.4 is 10.6 Å². The molecule has 0 saturated carbocycles. The number of aliphatic imine (C=N–C) groups is 1. The van der Waals surface area contributed by atoms with E-state index in [-0.39, 0.29) is 0 Å². The number of nitrogens with one attached hydrogen (secondary N) is 2. The van der Waals surface area contributed by atoms with Crippen molar-refractivity contribution in [3.05, 3.63) is 29.3 Å². The van der Waals surface area contributed by atoms with Crippen molar-refractivity contribution in [3.63, 3.8) is 0 Å². The smallest absolute Gasteiger partial charge is 0.191 e. The first kappa shape index (κ1) is 18.8. The van der Waals surface area contributed by atoms with E-state index in [1.54, 1.807) is 18.9 Å². The van der Waals surface area contributed by atoms with Gasteiger partial charge in [0.1, 0.15) is 0 Å². The lowest BCUT2D eigenvalue weighted by Crippen LogP contribution is -2.37. The third kappa shape index (κ3) is 7.18. The van der Waals surface area contributed by atoms with Crippen LogP contribution in [0, 0.1) is 6.92 Å². The van der Waals surface area contributed by atoms with Crippen molar-refractivity contribution < 1.29 is 4.74 Å². The van der Waals surface area contributed by atoms with Crippen molar-refractivity contribution in [2.75, 3.05) is 33.6 Å². The topological polar surface area (TPSA) is 45.7 Å². The first-order valence-electron chi connectivity index (χ1n) is 7.78. The maximum absolute atomic E-state index is 5.05. The summed E-state index contributed by atoms with van der Waals surface area (Å²) >= 11 is 1.79. The van der Waals surface area contributed by atoms with Gasteiger partial charge in [-0.1, -0.05) is 12.1 Å². The normalized spacial score (nSPS) is 11.5. The molecule has 2 N–H and O–H groups in total. The largest absolute Gasteiger partial charge is 0.385 e. The zero-order chi connectivity index (χ0) is 16.2. The Kier molecular flexibility index (Phi) is 9.75. The van der Waals surface area contributed by atoms with E-state index in [4.69, 9.17) is 4.74 Å². The summed E-state index contributed by atoms with van der Waals surface area (Å²) in [7, 11) is 3.56. The summed E-state index contributed by atoms with van der Waals surface area (Å²) in [5.41, 5.74) is 2.60. The number of hydrogen-bond acceptors (Lipinski definition) is 3. The summed E-state index contributed by atoms with van der Waals surface area (Å²) in [5.74, 6) is 0.861. The standard InChI is InChI=1S/C17H29N3OS/c1-14-8-9-15(16(12-14)22-4)13-20-17(18-2)19-10-6-5-7-11-21-3/h8-9,12H,5-7,10-11,13H2,1-4H3,(H2,18,19,20). The van der Waals surface area contributed by atoms with E-state index < -0.39 is 0 Å². The van der Waals surface area contributed by atoms with E-state index in [1.807, 2.05) is 7.05 Å². The molecule has 0 bridgehead atoms. The molecule has 0 saturated heterocycles. The van der Waals surface area contributed by atoms with Crippen molar-refractivity contribution in [2.24, 2.45) is 4.99 Å². The molecule has 0 aliphatic heterocycles. The Balaban J connectivity index is 2.35. The average Bonchev–Trinajstić information content (AvgIpc) is 2.54. The predicted molar refractivity (Wildman–Crippen MR) is 96.9 cm³/mol. The van der Waals surface area contributed by atoms with Gasteiger partial charge in [-0.05, 0) is 49.6 Å². The quantitative estimate of drug-likeness (QED) is 0.317. The van der Waals surface area contributed by atoms with Crippen molar-refractivity contribution in [2.45, 2.75) is 37.6 Å². The number of benzene rings is 1. The van der Waals surface area contributed by atoms with Crippen LogP contribution in [-0.2, 0) is 11.3 Å². The first-order chi connectivity index (χ1) is 10.7. The molecule has 0 radical (unpaired) electrons. The summed E-state index contributed by atoms with van der Waals surface area (Å²) in [4.78, 5) is 5.59. The Morgan fingerprint density at radius 2 is 2.05 bits per heavy atom. The lowest BCUT2D eigenvalue weighted by atomic mass is 10.1. The van der Waals surface area contributed by atoms with Crippen molar-refractivity contribution in [3.8, 4) is 0 Å². The van der Waals surface area contributed by atoms with Crippen molar-refractivity contribution in [1.29, 1.82) is 0 Å².